The van der Waals surface area contributed by atoms with Gasteiger partial charge in [-0.25, -0.2) is 9.97 Å². The molecule has 202 valence electrons. The van der Waals surface area contributed by atoms with E-state index in [0.717, 1.165) is 72.3 Å². The summed E-state index contributed by atoms with van der Waals surface area (Å²) in [6.07, 6.45) is 3.55. The van der Waals surface area contributed by atoms with Crippen LogP contribution in [0.2, 0.25) is 0 Å². The molecule has 4 nitrogen and oxygen atoms in total. The molecule has 0 saturated carbocycles. The van der Waals surface area contributed by atoms with Crippen LogP contribution in [0.15, 0.2) is 156 Å². The molecule has 0 amide bonds. The van der Waals surface area contributed by atoms with E-state index in [1.807, 2.05) is 48.5 Å². The maximum atomic E-state index is 6.45. The molecule has 0 aliphatic rings. The molecule has 0 aliphatic heterocycles. The van der Waals surface area contributed by atoms with E-state index in [-0.39, 0.29) is 0 Å². The van der Waals surface area contributed by atoms with Crippen molar-refractivity contribution in [3.63, 3.8) is 0 Å². The standard InChI is InChI=1S/C39H25N3O/c1-3-10-26(11-4-1)29-22-30(32-15-9-16-34-33-14-7-8-17-37(33)43-38(32)34)24-31(23-29)36-25-35(27-12-5-2-6-13-27)41-39(42-36)28-18-20-40-21-19-28/h1-25H. The van der Waals surface area contributed by atoms with Gasteiger partial charge in [0.1, 0.15) is 11.2 Å². The molecule has 8 rings (SSSR count). The Bertz CT molecular complexity index is 2170. The molecule has 8 aromatic rings. The normalized spacial score (nSPS) is 11.3. The first-order valence-electron chi connectivity index (χ1n) is 14.3. The van der Waals surface area contributed by atoms with Gasteiger partial charge in [0.05, 0.1) is 11.4 Å². The predicted octanol–water partition coefficient (Wildman–Crippen LogP) is 10.1. The zero-order valence-corrected chi connectivity index (χ0v) is 23.2. The fourth-order valence-corrected chi connectivity index (χ4v) is 5.68. The van der Waals surface area contributed by atoms with Crippen LogP contribution >= 0.6 is 0 Å². The molecule has 0 aliphatic carbocycles. The van der Waals surface area contributed by atoms with Gasteiger partial charge in [0, 0.05) is 45.4 Å². The van der Waals surface area contributed by atoms with E-state index in [4.69, 9.17) is 14.4 Å². The number of rotatable bonds is 5. The lowest BCUT2D eigenvalue weighted by Gasteiger charge is -2.13. The van der Waals surface area contributed by atoms with Gasteiger partial charge in [-0.15, -0.1) is 0 Å². The van der Waals surface area contributed by atoms with Crippen molar-refractivity contribution in [2.45, 2.75) is 0 Å². The number of fused-ring (bicyclic) bond motifs is 3. The molecule has 5 aromatic carbocycles. The summed E-state index contributed by atoms with van der Waals surface area (Å²) in [5.41, 5.74) is 10.8. The van der Waals surface area contributed by atoms with Crippen molar-refractivity contribution in [2.24, 2.45) is 0 Å². The molecule has 3 aromatic heterocycles. The predicted molar refractivity (Wildman–Crippen MR) is 174 cm³/mol. The molecule has 0 radical (unpaired) electrons. The summed E-state index contributed by atoms with van der Waals surface area (Å²) in [6, 6.07) is 47.9. The minimum atomic E-state index is 0.657. The smallest absolute Gasteiger partial charge is 0.160 e. The Labute approximate surface area is 249 Å². The monoisotopic (exact) mass is 551 g/mol. The molecule has 43 heavy (non-hydrogen) atoms. The van der Waals surface area contributed by atoms with Gasteiger partial charge in [0.15, 0.2) is 5.82 Å². The van der Waals surface area contributed by atoms with Gasteiger partial charge in [-0.3, -0.25) is 4.98 Å². The first-order valence-corrected chi connectivity index (χ1v) is 14.3. The van der Waals surface area contributed by atoms with Crippen molar-refractivity contribution in [3.8, 4) is 56.2 Å². The van der Waals surface area contributed by atoms with Gasteiger partial charge in [0.2, 0.25) is 0 Å². The van der Waals surface area contributed by atoms with Gasteiger partial charge in [-0.05, 0) is 59.2 Å². The first-order chi connectivity index (χ1) is 21.3. The summed E-state index contributed by atoms with van der Waals surface area (Å²) in [5, 5.41) is 2.22. The molecule has 3 heterocycles. The third-order valence-electron chi connectivity index (χ3n) is 7.79. The second kappa shape index (κ2) is 10.5. The highest BCUT2D eigenvalue weighted by atomic mass is 16.3. The van der Waals surface area contributed by atoms with E-state index >= 15 is 0 Å². The van der Waals surface area contributed by atoms with Crippen LogP contribution in [-0.4, -0.2) is 15.0 Å². The molecular formula is C39H25N3O. The zero-order chi connectivity index (χ0) is 28.6. The minimum absolute atomic E-state index is 0.657. The van der Waals surface area contributed by atoms with Crippen LogP contribution in [0.5, 0.6) is 0 Å². The highest BCUT2D eigenvalue weighted by Gasteiger charge is 2.16. The van der Waals surface area contributed by atoms with Crippen molar-refractivity contribution in [3.05, 3.63) is 152 Å². The van der Waals surface area contributed by atoms with Crippen molar-refractivity contribution in [1.82, 2.24) is 15.0 Å². The SMILES string of the molecule is c1ccc(-c2cc(-c3cc(-c4ccccc4)nc(-c4ccncc4)n3)cc(-c3cccc4c3oc3ccccc34)c2)cc1. The lowest BCUT2D eigenvalue weighted by atomic mass is 9.93. The van der Waals surface area contributed by atoms with Gasteiger partial charge >= 0.3 is 0 Å². The van der Waals surface area contributed by atoms with E-state index in [1.54, 1.807) is 12.4 Å². The Hall–Kier alpha value is -5.87. The van der Waals surface area contributed by atoms with Crippen LogP contribution in [0.1, 0.15) is 0 Å². The van der Waals surface area contributed by atoms with Gasteiger partial charge in [-0.2, -0.15) is 0 Å². The Morgan fingerprint density at radius 3 is 1.84 bits per heavy atom. The van der Waals surface area contributed by atoms with Crippen LogP contribution in [0.4, 0.5) is 0 Å². The largest absolute Gasteiger partial charge is 0.455 e. The molecule has 0 spiro atoms. The fraction of sp³-hybridized carbons (Fsp3) is 0. The third-order valence-corrected chi connectivity index (χ3v) is 7.79. The fourth-order valence-electron chi connectivity index (χ4n) is 5.68. The third kappa shape index (κ3) is 4.65. The number of para-hydroxylation sites is 2. The summed E-state index contributed by atoms with van der Waals surface area (Å²) in [7, 11) is 0. The minimum Gasteiger partial charge on any atom is -0.455 e. The number of hydrogen-bond donors (Lipinski definition) is 0. The van der Waals surface area contributed by atoms with E-state index in [9.17, 15) is 0 Å². The topological polar surface area (TPSA) is 51.8 Å². The number of pyridine rings is 1. The molecule has 0 atom stereocenters. The summed E-state index contributed by atoms with van der Waals surface area (Å²) < 4.78 is 6.45. The Balaban J connectivity index is 1.38. The maximum Gasteiger partial charge on any atom is 0.160 e. The number of hydrogen-bond acceptors (Lipinski definition) is 4. The van der Waals surface area contributed by atoms with E-state index in [2.05, 4.69) is 96.0 Å². The lowest BCUT2D eigenvalue weighted by Crippen LogP contribution is -1.96. The Morgan fingerprint density at radius 1 is 0.419 bits per heavy atom. The van der Waals surface area contributed by atoms with E-state index < -0.39 is 0 Å². The summed E-state index contributed by atoms with van der Waals surface area (Å²) in [4.78, 5) is 14.3. The molecule has 4 heteroatoms. The molecule has 0 saturated heterocycles. The van der Waals surface area contributed by atoms with Crippen molar-refractivity contribution in [1.29, 1.82) is 0 Å². The van der Waals surface area contributed by atoms with Crippen LogP contribution in [0.3, 0.4) is 0 Å². The summed E-state index contributed by atoms with van der Waals surface area (Å²) >= 11 is 0. The van der Waals surface area contributed by atoms with E-state index in [1.165, 1.54) is 0 Å². The first kappa shape index (κ1) is 24.9. The van der Waals surface area contributed by atoms with Gasteiger partial charge in [-0.1, -0.05) is 97.1 Å². The maximum absolute atomic E-state index is 6.45. The Morgan fingerprint density at radius 2 is 1.05 bits per heavy atom. The van der Waals surface area contributed by atoms with Gasteiger partial charge < -0.3 is 4.42 Å². The number of benzene rings is 5. The molecule has 0 fully saturated rings. The number of aromatic nitrogens is 3. The average molecular weight is 552 g/mol. The summed E-state index contributed by atoms with van der Waals surface area (Å²) in [6.45, 7) is 0. The van der Waals surface area contributed by atoms with Crippen LogP contribution in [0, 0.1) is 0 Å². The average Bonchev–Trinajstić information content (AvgIpc) is 3.48. The second-order valence-electron chi connectivity index (χ2n) is 10.5. The number of furan rings is 1. The molecular weight excluding hydrogens is 526 g/mol. The summed E-state index contributed by atoms with van der Waals surface area (Å²) in [5.74, 6) is 0.657. The molecule has 0 unspecified atom stereocenters. The second-order valence-corrected chi connectivity index (χ2v) is 10.5. The highest BCUT2D eigenvalue weighted by molar-refractivity contribution is 6.09. The lowest BCUT2D eigenvalue weighted by molar-refractivity contribution is 0.670. The van der Waals surface area contributed by atoms with Crippen molar-refractivity contribution in [2.75, 3.05) is 0 Å². The van der Waals surface area contributed by atoms with Crippen LogP contribution < -0.4 is 0 Å². The Kier molecular flexibility index (Phi) is 6.08. The van der Waals surface area contributed by atoms with Gasteiger partial charge in [0.25, 0.3) is 0 Å². The number of nitrogens with zero attached hydrogens (tertiary/aromatic N) is 3. The quantitative estimate of drug-likeness (QED) is 0.214. The van der Waals surface area contributed by atoms with Crippen molar-refractivity contribution < 1.29 is 4.42 Å². The van der Waals surface area contributed by atoms with Crippen LogP contribution in [-0.2, 0) is 0 Å². The zero-order valence-electron chi connectivity index (χ0n) is 23.2. The van der Waals surface area contributed by atoms with E-state index in [0.29, 0.717) is 5.82 Å². The molecule has 0 N–H and O–H groups in total. The van der Waals surface area contributed by atoms with Crippen molar-refractivity contribution >= 4 is 21.9 Å². The highest BCUT2D eigenvalue weighted by Crippen LogP contribution is 2.39. The molecule has 0 bridgehead atoms. The van der Waals surface area contributed by atoms with Crippen LogP contribution in [0.25, 0.3) is 78.1 Å².